The van der Waals surface area contributed by atoms with E-state index in [2.05, 4.69) is 39.1 Å². The third kappa shape index (κ3) is 2.11. The highest BCUT2D eigenvalue weighted by Crippen LogP contribution is 2.24. The molecule has 18 heavy (non-hydrogen) atoms. The third-order valence-corrected chi connectivity index (χ3v) is 3.35. The van der Waals surface area contributed by atoms with Crippen molar-refractivity contribution in [1.82, 2.24) is 9.97 Å². The first-order valence-electron chi connectivity index (χ1n) is 5.84. The zero-order valence-corrected chi connectivity index (χ0v) is 10.6. The molecule has 0 bridgehead atoms. The number of hydrogen-bond acceptors (Lipinski definition) is 4. The van der Waals surface area contributed by atoms with Gasteiger partial charge in [0, 0.05) is 19.2 Å². The van der Waals surface area contributed by atoms with Crippen LogP contribution in [0.3, 0.4) is 0 Å². The Balaban J connectivity index is 1.91. The van der Waals surface area contributed by atoms with Gasteiger partial charge in [0.25, 0.3) is 0 Å². The van der Waals surface area contributed by atoms with E-state index in [-0.39, 0.29) is 5.95 Å². The molecule has 0 amide bonds. The van der Waals surface area contributed by atoms with Crippen LogP contribution in [0.25, 0.3) is 0 Å². The van der Waals surface area contributed by atoms with Gasteiger partial charge in [0.05, 0.1) is 0 Å². The Morgan fingerprint density at radius 2 is 1.94 bits per heavy atom. The van der Waals surface area contributed by atoms with Crippen LogP contribution in [0.4, 0.5) is 11.8 Å². The van der Waals surface area contributed by atoms with Crippen LogP contribution in [0.2, 0.25) is 5.15 Å². The van der Waals surface area contributed by atoms with E-state index in [4.69, 9.17) is 17.3 Å². The second kappa shape index (κ2) is 4.46. The molecule has 0 unspecified atom stereocenters. The van der Waals surface area contributed by atoms with E-state index in [1.807, 2.05) is 0 Å². The van der Waals surface area contributed by atoms with Gasteiger partial charge in [-0.25, -0.2) is 4.98 Å². The summed E-state index contributed by atoms with van der Waals surface area (Å²) in [4.78, 5) is 10.3. The summed E-state index contributed by atoms with van der Waals surface area (Å²) in [5.41, 5.74) is 8.36. The number of aromatic nitrogens is 2. The Morgan fingerprint density at radius 1 is 1.17 bits per heavy atom. The number of rotatable bonds is 1. The summed E-state index contributed by atoms with van der Waals surface area (Å²) >= 11 is 5.91. The predicted molar refractivity (Wildman–Crippen MR) is 72.7 cm³/mol. The van der Waals surface area contributed by atoms with Crippen molar-refractivity contribution in [2.24, 2.45) is 0 Å². The lowest BCUT2D eigenvalue weighted by Crippen LogP contribution is -2.31. The molecule has 2 heterocycles. The summed E-state index contributed by atoms with van der Waals surface area (Å²) in [5, 5.41) is 0.386. The molecule has 0 aliphatic carbocycles. The van der Waals surface area contributed by atoms with Crippen LogP contribution in [0.1, 0.15) is 11.1 Å². The maximum absolute atomic E-state index is 5.91. The van der Waals surface area contributed by atoms with Gasteiger partial charge < -0.3 is 10.6 Å². The van der Waals surface area contributed by atoms with Gasteiger partial charge in [0.1, 0.15) is 11.0 Å². The van der Waals surface area contributed by atoms with Crippen LogP contribution in [0.5, 0.6) is 0 Å². The molecular weight excluding hydrogens is 248 g/mol. The highest BCUT2D eigenvalue weighted by Gasteiger charge is 2.17. The fraction of sp³-hybridized carbons (Fsp3) is 0.231. The first-order chi connectivity index (χ1) is 8.72. The van der Waals surface area contributed by atoms with E-state index in [1.165, 1.54) is 11.1 Å². The summed E-state index contributed by atoms with van der Waals surface area (Å²) in [6.45, 7) is 1.76. The summed E-state index contributed by atoms with van der Waals surface area (Å²) in [5.74, 6) is 1.01. The lowest BCUT2D eigenvalue weighted by molar-refractivity contribution is 0.720. The lowest BCUT2D eigenvalue weighted by Gasteiger charge is -2.29. The molecule has 0 saturated carbocycles. The number of nitrogens with two attached hydrogens (primary N) is 1. The summed E-state index contributed by atoms with van der Waals surface area (Å²) < 4.78 is 0. The van der Waals surface area contributed by atoms with E-state index in [0.29, 0.717) is 5.15 Å². The van der Waals surface area contributed by atoms with Gasteiger partial charge in [0.2, 0.25) is 5.95 Å². The second-order valence-electron chi connectivity index (χ2n) is 4.35. The number of anilines is 2. The minimum absolute atomic E-state index is 0.219. The number of halogens is 1. The van der Waals surface area contributed by atoms with Crippen molar-refractivity contribution in [3.63, 3.8) is 0 Å². The predicted octanol–water partition coefficient (Wildman–Crippen LogP) is 2.27. The van der Waals surface area contributed by atoms with Gasteiger partial charge in [0.15, 0.2) is 0 Å². The van der Waals surface area contributed by atoms with Crippen LogP contribution in [-0.4, -0.2) is 16.5 Å². The second-order valence-corrected chi connectivity index (χ2v) is 4.73. The van der Waals surface area contributed by atoms with Gasteiger partial charge in [-0.1, -0.05) is 35.9 Å². The van der Waals surface area contributed by atoms with Crippen LogP contribution in [0, 0.1) is 0 Å². The normalized spacial score (nSPS) is 14.4. The van der Waals surface area contributed by atoms with Crippen molar-refractivity contribution in [3.8, 4) is 0 Å². The summed E-state index contributed by atoms with van der Waals surface area (Å²) in [6.07, 6.45) is 1.01. The summed E-state index contributed by atoms with van der Waals surface area (Å²) in [6, 6.07) is 10.2. The molecule has 1 aromatic carbocycles. The third-order valence-electron chi connectivity index (χ3n) is 3.15. The molecule has 0 fully saturated rings. The summed E-state index contributed by atoms with van der Waals surface area (Å²) in [7, 11) is 0. The molecule has 0 radical (unpaired) electrons. The number of benzene rings is 1. The zero-order chi connectivity index (χ0) is 12.5. The minimum atomic E-state index is 0.219. The van der Waals surface area contributed by atoms with E-state index in [0.717, 1.165) is 25.3 Å². The van der Waals surface area contributed by atoms with Gasteiger partial charge in [-0.2, -0.15) is 4.98 Å². The Labute approximate surface area is 110 Å². The Morgan fingerprint density at radius 3 is 2.72 bits per heavy atom. The largest absolute Gasteiger partial charge is 0.368 e. The standard InChI is InChI=1S/C13H13ClN4/c14-11-7-12(17-13(15)16-11)18-6-5-9-3-1-2-4-10(9)8-18/h1-4,7H,5-6,8H2,(H2,15,16,17). The van der Waals surface area contributed by atoms with Gasteiger partial charge in [-0.3, -0.25) is 0 Å². The van der Waals surface area contributed by atoms with E-state index < -0.39 is 0 Å². The molecule has 2 aromatic rings. The molecule has 2 N–H and O–H groups in total. The smallest absolute Gasteiger partial charge is 0.223 e. The molecule has 0 spiro atoms. The van der Waals surface area contributed by atoms with Gasteiger partial charge in [-0.15, -0.1) is 0 Å². The molecule has 92 valence electrons. The molecule has 0 atom stereocenters. The number of hydrogen-bond donors (Lipinski definition) is 1. The average Bonchev–Trinajstić information content (AvgIpc) is 2.37. The fourth-order valence-corrected chi connectivity index (χ4v) is 2.46. The molecule has 4 nitrogen and oxygen atoms in total. The quantitative estimate of drug-likeness (QED) is 0.800. The first kappa shape index (κ1) is 11.3. The van der Waals surface area contributed by atoms with Crippen LogP contribution < -0.4 is 10.6 Å². The maximum Gasteiger partial charge on any atom is 0.223 e. The molecule has 0 saturated heterocycles. The van der Waals surface area contributed by atoms with E-state index in [1.54, 1.807) is 6.07 Å². The average molecular weight is 261 g/mol. The molecule has 1 aromatic heterocycles. The topological polar surface area (TPSA) is 55.0 Å². The number of nitrogen functional groups attached to an aromatic ring is 1. The van der Waals surface area contributed by atoms with Crippen molar-refractivity contribution in [3.05, 3.63) is 46.6 Å². The zero-order valence-electron chi connectivity index (χ0n) is 9.81. The van der Waals surface area contributed by atoms with Crippen molar-refractivity contribution in [1.29, 1.82) is 0 Å². The Bertz CT molecular complexity index is 565. The monoisotopic (exact) mass is 260 g/mol. The van der Waals surface area contributed by atoms with Crippen molar-refractivity contribution < 1.29 is 0 Å². The molecule has 5 heteroatoms. The van der Waals surface area contributed by atoms with Crippen molar-refractivity contribution in [2.75, 3.05) is 17.2 Å². The first-order valence-corrected chi connectivity index (χ1v) is 6.22. The number of fused-ring (bicyclic) bond motifs is 1. The maximum atomic E-state index is 5.91. The highest BCUT2D eigenvalue weighted by molar-refractivity contribution is 6.29. The number of nitrogens with zero attached hydrogens (tertiary/aromatic N) is 3. The minimum Gasteiger partial charge on any atom is -0.368 e. The molecular formula is C13H13ClN4. The van der Waals surface area contributed by atoms with E-state index >= 15 is 0 Å². The van der Waals surface area contributed by atoms with E-state index in [9.17, 15) is 0 Å². The van der Waals surface area contributed by atoms with Crippen molar-refractivity contribution in [2.45, 2.75) is 13.0 Å². The SMILES string of the molecule is Nc1nc(Cl)cc(N2CCc3ccccc3C2)n1. The van der Waals surface area contributed by atoms with Gasteiger partial charge in [-0.05, 0) is 17.5 Å². The van der Waals surface area contributed by atoms with Crippen LogP contribution in [-0.2, 0) is 13.0 Å². The Kier molecular flexibility index (Phi) is 2.80. The lowest BCUT2D eigenvalue weighted by atomic mass is 10.00. The van der Waals surface area contributed by atoms with Gasteiger partial charge >= 0.3 is 0 Å². The Hall–Kier alpha value is -1.81. The molecule has 1 aliphatic heterocycles. The van der Waals surface area contributed by atoms with Crippen LogP contribution >= 0.6 is 11.6 Å². The van der Waals surface area contributed by atoms with Crippen LogP contribution in [0.15, 0.2) is 30.3 Å². The fourth-order valence-electron chi connectivity index (χ4n) is 2.28. The highest BCUT2D eigenvalue weighted by atomic mass is 35.5. The molecule has 1 aliphatic rings. The van der Waals surface area contributed by atoms with Crippen molar-refractivity contribution >= 4 is 23.4 Å². The molecule has 3 rings (SSSR count).